The molecule has 0 saturated carbocycles. The molecule has 0 spiro atoms. The smallest absolute Gasteiger partial charge is 0.346 e. The van der Waals surface area contributed by atoms with Gasteiger partial charge in [0.05, 0.1) is 0 Å². The number of hydrogen-bond acceptors (Lipinski definition) is 3. The number of fused-ring (bicyclic) bond motifs is 1. The summed E-state index contributed by atoms with van der Waals surface area (Å²) >= 11 is 1.40. The van der Waals surface area contributed by atoms with E-state index >= 15 is 0 Å². The van der Waals surface area contributed by atoms with Gasteiger partial charge in [-0.05, 0) is 43.3 Å². The molecule has 3 rings (SSSR count). The molecular weight excluding hydrogens is 270 g/mol. The van der Waals surface area contributed by atoms with Crippen molar-refractivity contribution in [3.63, 3.8) is 0 Å². The van der Waals surface area contributed by atoms with Crippen molar-refractivity contribution < 1.29 is 9.90 Å². The van der Waals surface area contributed by atoms with Gasteiger partial charge in [-0.25, -0.2) is 4.79 Å². The Hall–Kier alpha value is -1.39. The van der Waals surface area contributed by atoms with Crippen molar-refractivity contribution in [2.75, 3.05) is 6.54 Å². The highest BCUT2D eigenvalue weighted by atomic mass is 32.1. The summed E-state index contributed by atoms with van der Waals surface area (Å²) in [6.45, 7) is 4.07. The van der Waals surface area contributed by atoms with Crippen molar-refractivity contribution in [3.8, 4) is 0 Å². The zero-order valence-electron chi connectivity index (χ0n) is 11.6. The van der Waals surface area contributed by atoms with E-state index in [4.69, 9.17) is 0 Å². The van der Waals surface area contributed by atoms with Gasteiger partial charge in [-0.2, -0.15) is 0 Å². The van der Waals surface area contributed by atoms with Gasteiger partial charge in [-0.3, -0.25) is 4.90 Å². The average Bonchev–Trinajstić information content (AvgIpc) is 2.81. The third kappa shape index (κ3) is 2.45. The molecule has 2 aromatic rings. The van der Waals surface area contributed by atoms with E-state index in [9.17, 15) is 9.90 Å². The van der Waals surface area contributed by atoms with Gasteiger partial charge in [0.15, 0.2) is 0 Å². The maximum absolute atomic E-state index is 11.5. The van der Waals surface area contributed by atoms with E-state index in [0.717, 1.165) is 28.7 Å². The first-order chi connectivity index (χ1) is 9.66. The number of carbonyl (C=O) groups is 1. The zero-order valence-corrected chi connectivity index (χ0v) is 12.4. The molecule has 1 unspecified atom stereocenters. The molecular formula is C16H19NO2S. The maximum atomic E-state index is 11.5. The molecule has 20 heavy (non-hydrogen) atoms. The van der Waals surface area contributed by atoms with Crippen molar-refractivity contribution in [2.45, 2.75) is 38.8 Å². The molecule has 1 saturated heterocycles. The van der Waals surface area contributed by atoms with Crippen molar-refractivity contribution in [2.24, 2.45) is 0 Å². The van der Waals surface area contributed by atoms with Gasteiger partial charge in [0, 0.05) is 17.3 Å². The molecule has 0 radical (unpaired) electrons. The fourth-order valence-electron chi connectivity index (χ4n) is 3.02. The van der Waals surface area contributed by atoms with Crippen LogP contribution in [0.25, 0.3) is 10.1 Å². The summed E-state index contributed by atoms with van der Waals surface area (Å²) < 4.78 is 1.07. The Balaban J connectivity index is 2.00. The van der Waals surface area contributed by atoms with E-state index in [-0.39, 0.29) is 0 Å². The largest absolute Gasteiger partial charge is 0.477 e. The predicted molar refractivity (Wildman–Crippen MR) is 82.5 cm³/mol. The predicted octanol–water partition coefficient (Wildman–Crippen LogP) is 3.97. The van der Waals surface area contributed by atoms with Crippen LogP contribution < -0.4 is 0 Å². The lowest BCUT2D eigenvalue weighted by Gasteiger charge is -2.33. The van der Waals surface area contributed by atoms with Crippen LogP contribution in [0.1, 0.15) is 41.4 Å². The molecule has 1 atom stereocenters. The van der Waals surface area contributed by atoms with Crippen molar-refractivity contribution in [1.29, 1.82) is 0 Å². The van der Waals surface area contributed by atoms with Crippen LogP contribution in [0.2, 0.25) is 0 Å². The van der Waals surface area contributed by atoms with Gasteiger partial charge in [0.25, 0.3) is 0 Å². The normalized spacial score (nSPS) is 20.4. The van der Waals surface area contributed by atoms with Crippen molar-refractivity contribution >= 4 is 27.4 Å². The molecule has 1 fully saturated rings. The van der Waals surface area contributed by atoms with E-state index in [1.165, 1.54) is 30.6 Å². The number of hydrogen-bond donors (Lipinski definition) is 1. The van der Waals surface area contributed by atoms with Crippen LogP contribution in [0.15, 0.2) is 24.3 Å². The minimum atomic E-state index is -0.800. The Kier molecular flexibility index (Phi) is 3.76. The highest BCUT2D eigenvalue weighted by Crippen LogP contribution is 2.33. The summed E-state index contributed by atoms with van der Waals surface area (Å²) in [5.41, 5.74) is 0.992. The summed E-state index contributed by atoms with van der Waals surface area (Å²) in [6, 6.07) is 8.56. The minimum Gasteiger partial charge on any atom is -0.477 e. The zero-order chi connectivity index (χ0) is 14.1. The Labute approximate surface area is 122 Å². The van der Waals surface area contributed by atoms with E-state index in [1.807, 2.05) is 24.3 Å². The van der Waals surface area contributed by atoms with Gasteiger partial charge < -0.3 is 5.11 Å². The molecule has 1 aromatic heterocycles. The number of carboxylic acids is 1. The molecule has 0 bridgehead atoms. The maximum Gasteiger partial charge on any atom is 0.346 e. The molecule has 1 aliphatic heterocycles. The third-order valence-electron chi connectivity index (χ3n) is 4.19. The second-order valence-electron chi connectivity index (χ2n) is 5.53. The van der Waals surface area contributed by atoms with Crippen LogP contribution in [-0.2, 0) is 6.54 Å². The minimum absolute atomic E-state index is 0.504. The lowest BCUT2D eigenvalue weighted by molar-refractivity contribution is 0.0698. The lowest BCUT2D eigenvalue weighted by atomic mass is 10.0. The molecule has 1 aromatic carbocycles. The van der Waals surface area contributed by atoms with E-state index in [2.05, 4.69) is 11.8 Å². The molecule has 106 valence electrons. The number of likely N-dealkylation sites (tertiary alicyclic amines) is 1. The quantitative estimate of drug-likeness (QED) is 0.929. The van der Waals surface area contributed by atoms with Crippen LogP contribution in [0.4, 0.5) is 0 Å². The molecule has 0 amide bonds. The number of thiophene rings is 1. The summed E-state index contributed by atoms with van der Waals surface area (Å²) in [5, 5.41) is 10.6. The van der Waals surface area contributed by atoms with E-state index < -0.39 is 5.97 Å². The summed E-state index contributed by atoms with van der Waals surface area (Å²) in [4.78, 5) is 14.4. The van der Waals surface area contributed by atoms with Crippen LogP contribution in [0.5, 0.6) is 0 Å². The van der Waals surface area contributed by atoms with Crippen LogP contribution in [0.3, 0.4) is 0 Å². The van der Waals surface area contributed by atoms with E-state index in [0.29, 0.717) is 10.9 Å². The SMILES string of the molecule is CC1CCCCN1Cc1c(C(=O)O)sc2ccccc12. The second kappa shape index (κ2) is 5.54. The highest BCUT2D eigenvalue weighted by Gasteiger charge is 2.23. The molecule has 1 aliphatic rings. The molecule has 3 nitrogen and oxygen atoms in total. The first kappa shape index (κ1) is 13.6. The first-order valence-corrected chi connectivity index (χ1v) is 7.96. The summed E-state index contributed by atoms with van der Waals surface area (Å²) in [5.74, 6) is -0.800. The number of nitrogens with zero attached hydrogens (tertiary/aromatic N) is 1. The third-order valence-corrected chi connectivity index (χ3v) is 5.40. The standard InChI is InChI=1S/C16H19NO2S/c1-11-6-4-5-9-17(11)10-13-12-7-2-3-8-14(12)20-15(13)16(18)19/h2-3,7-8,11H,4-6,9-10H2,1H3,(H,18,19). The van der Waals surface area contributed by atoms with Crippen LogP contribution in [0, 0.1) is 0 Å². The topological polar surface area (TPSA) is 40.5 Å². The average molecular weight is 289 g/mol. The fourth-order valence-corrected chi connectivity index (χ4v) is 4.08. The molecule has 4 heteroatoms. The van der Waals surface area contributed by atoms with Gasteiger partial charge in [-0.1, -0.05) is 24.6 Å². The van der Waals surface area contributed by atoms with Crippen LogP contribution >= 0.6 is 11.3 Å². The Morgan fingerprint density at radius 3 is 2.95 bits per heavy atom. The highest BCUT2D eigenvalue weighted by molar-refractivity contribution is 7.21. The van der Waals surface area contributed by atoms with Crippen LogP contribution in [-0.4, -0.2) is 28.6 Å². The van der Waals surface area contributed by atoms with Crippen molar-refractivity contribution in [1.82, 2.24) is 4.90 Å². The van der Waals surface area contributed by atoms with Gasteiger partial charge in [0.2, 0.25) is 0 Å². The Morgan fingerprint density at radius 2 is 2.20 bits per heavy atom. The van der Waals surface area contributed by atoms with Gasteiger partial charge in [-0.15, -0.1) is 11.3 Å². The number of carboxylic acid groups (broad SMARTS) is 1. The molecule has 1 N–H and O–H groups in total. The Bertz CT molecular complexity index is 634. The summed E-state index contributed by atoms with van der Waals surface area (Å²) in [6.07, 6.45) is 3.72. The fraction of sp³-hybridized carbons (Fsp3) is 0.438. The second-order valence-corrected chi connectivity index (χ2v) is 6.58. The van der Waals surface area contributed by atoms with Crippen molar-refractivity contribution in [3.05, 3.63) is 34.7 Å². The first-order valence-electron chi connectivity index (χ1n) is 7.14. The van der Waals surface area contributed by atoms with Gasteiger partial charge in [0.1, 0.15) is 4.88 Å². The lowest BCUT2D eigenvalue weighted by Crippen LogP contribution is -2.37. The van der Waals surface area contributed by atoms with Gasteiger partial charge >= 0.3 is 5.97 Å². The molecule has 2 heterocycles. The number of piperidine rings is 1. The number of rotatable bonds is 3. The number of benzene rings is 1. The summed E-state index contributed by atoms with van der Waals surface area (Å²) in [7, 11) is 0. The monoisotopic (exact) mass is 289 g/mol. The molecule has 0 aliphatic carbocycles. The number of aromatic carboxylic acids is 1. The van der Waals surface area contributed by atoms with E-state index in [1.54, 1.807) is 0 Å². The Morgan fingerprint density at radius 1 is 1.40 bits per heavy atom.